The summed E-state index contributed by atoms with van der Waals surface area (Å²) in [6.45, 7) is 5.76. The quantitative estimate of drug-likeness (QED) is 0.707. The van der Waals surface area contributed by atoms with Crippen LogP contribution in [0.4, 0.5) is 5.82 Å². The van der Waals surface area contributed by atoms with E-state index >= 15 is 0 Å². The van der Waals surface area contributed by atoms with E-state index < -0.39 is 0 Å². The molecule has 0 fully saturated rings. The van der Waals surface area contributed by atoms with Crippen molar-refractivity contribution < 1.29 is 4.74 Å². The first-order chi connectivity index (χ1) is 6.86. The van der Waals surface area contributed by atoms with Gasteiger partial charge >= 0.3 is 0 Å². The lowest BCUT2D eigenvalue weighted by Gasteiger charge is -2.06. The van der Waals surface area contributed by atoms with Crippen molar-refractivity contribution in [2.75, 3.05) is 18.5 Å². The Hall–Kier alpha value is -1.25. The highest BCUT2D eigenvalue weighted by Crippen LogP contribution is 2.11. The zero-order valence-corrected chi connectivity index (χ0v) is 8.92. The molecular formula is C11H18N2O. The van der Waals surface area contributed by atoms with Gasteiger partial charge in [-0.2, -0.15) is 4.98 Å². The number of hydrogen-bond acceptors (Lipinski definition) is 3. The van der Waals surface area contributed by atoms with Gasteiger partial charge in [-0.1, -0.05) is 19.4 Å². The summed E-state index contributed by atoms with van der Waals surface area (Å²) in [4.78, 5) is 4.30. The van der Waals surface area contributed by atoms with Gasteiger partial charge in [-0.05, 0) is 19.4 Å². The summed E-state index contributed by atoms with van der Waals surface area (Å²) in [5.41, 5.74) is 0. The highest BCUT2D eigenvalue weighted by atomic mass is 16.5. The first kappa shape index (κ1) is 10.8. The van der Waals surface area contributed by atoms with Gasteiger partial charge in [-0.15, -0.1) is 0 Å². The minimum atomic E-state index is 0.658. The standard InChI is InChI=1S/C11H18N2O/c1-3-5-9-12-10-7-6-8-11(13-10)14-4-2/h6-8H,3-5,9H2,1-2H3,(H,12,13). The molecule has 0 bridgehead atoms. The number of aromatic nitrogens is 1. The lowest BCUT2D eigenvalue weighted by atomic mass is 10.3. The molecule has 1 aromatic heterocycles. The molecule has 3 heteroatoms. The monoisotopic (exact) mass is 194 g/mol. The first-order valence-electron chi connectivity index (χ1n) is 5.20. The maximum Gasteiger partial charge on any atom is 0.215 e. The molecule has 14 heavy (non-hydrogen) atoms. The number of hydrogen-bond donors (Lipinski definition) is 1. The Bertz CT molecular complexity index is 263. The molecule has 1 aromatic rings. The van der Waals surface area contributed by atoms with E-state index in [1.54, 1.807) is 0 Å². The van der Waals surface area contributed by atoms with E-state index in [1.807, 2.05) is 25.1 Å². The van der Waals surface area contributed by atoms with Crippen LogP contribution in [0.2, 0.25) is 0 Å². The first-order valence-corrected chi connectivity index (χ1v) is 5.20. The molecule has 1 N–H and O–H groups in total. The summed E-state index contributed by atoms with van der Waals surface area (Å²) in [5, 5.41) is 3.25. The molecule has 78 valence electrons. The van der Waals surface area contributed by atoms with Crippen molar-refractivity contribution in [3.05, 3.63) is 18.2 Å². The Balaban J connectivity index is 2.46. The molecule has 0 aliphatic rings. The average molecular weight is 194 g/mol. The van der Waals surface area contributed by atoms with Crippen LogP contribution in [-0.4, -0.2) is 18.1 Å². The number of nitrogens with one attached hydrogen (secondary N) is 1. The topological polar surface area (TPSA) is 34.1 Å². The summed E-state index contributed by atoms with van der Waals surface area (Å²) in [7, 11) is 0. The maximum absolute atomic E-state index is 5.30. The van der Waals surface area contributed by atoms with Crippen LogP contribution in [0.25, 0.3) is 0 Å². The smallest absolute Gasteiger partial charge is 0.215 e. The normalized spacial score (nSPS) is 9.86. The molecule has 0 unspecified atom stereocenters. The van der Waals surface area contributed by atoms with Crippen LogP contribution >= 0.6 is 0 Å². The summed E-state index contributed by atoms with van der Waals surface area (Å²) >= 11 is 0. The third-order valence-corrected chi connectivity index (χ3v) is 1.85. The zero-order valence-electron chi connectivity index (χ0n) is 8.92. The molecule has 0 saturated heterocycles. The van der Waals surface area contributed by atoms with Gasteiger partial charge < -0.3 is 10.1 Å². The minimum absolute atomic E-state index is 0.658. The molecule has 0 amide bonds. The van der Waals surface area contributed by atoms with Gasteiger partial charge in [-0.25, -0.2) is 0 Å². The van der Waals surface area contributed by atoms with Crippen LogP contribution in [0.5, 0.6) is 5.88 Å². The summed E-state index contributed by atoms with van der Waals surface area (Å²) in [6.07, 6.45) is 2.36. The zero-order chi connectivity index (χ0) is 10.2. The number of pyridine rings is 1. The van der Waals surface area contributed by atoms with Crippen LogP contribution in [0, 0.1) is 0 Å². The van der Waals surface area contributed by atoms with E-state index in [0.29, 0.717) is 12.5 Å². The van der Waals surface area contributed by atoms with Gasteiger partial charge in [0.25, 0.3) is 0 Å². The molecule has 0 atom stereocenters. The van der Waals surface area contributed by atoms with Crippen molar-refractivity contribution in [1.82, 2.24) is 4.98 Å². The average Bonchev–Trinajstić information content (AvgIpc) is 2.19. The van der Waals surface area contributed by atoms with E-state index in [9.17, 15) is 0 Å². The van der Waals surface area contributed by atoms with Gasteiger partial charge in [-0.3, -0.25) is 0 Å². The number of rotatable bonds is 6. The Labute approximate surface area is 85.5 Å². The minimum Gasteiger partial charge on any atom is -0.478 e. The lowest BCUT2D eigenvalue weighted by Crippen LogP contribution is -2.03. The fraction of sp³-hybridized carbons (Fsp3) is 0.545. The molecule has 0 saturated carbocycles. The van der Waals surface area contributed by atoms with Gasteiger partial charge in [0.05, 0.1) is 6.61 Å². The summed E-state index contributed by atoms with van der Waals surface area (Å²) in [6, 6.07) is 5.78. The molecule has 1 heterocycles. The Morgan fingerprint density at radius 2 is 2.21 bits per heavy atom. The van der Waals surface area contributed by atoms with Crippen LogP contribution in [-0.2, 0) is 0 Å². The molecule has 3 nitrogen and oxygen atoms in total. The lowest BCUT2D eigenvalue weighted by molar-refractivity contribution is 0.327. The SMILES string of the molecule is CCCCNc1cccc(OCC)n1. The Kier molecular flexibility index (Phi) is 4.83. The van der Waals surface area contributed by atoms with Crippen LogP contribution in [0.15, 0.2) is 18.2 Å². The van der Waals surface area contributed by atoms with Crippen molar-refractivity contribution in [3.8, 4) is 5.88 Å². The Morgan fingerprint density at radius 1 is 1.36 bits per heavy atom. The summed E-state index contributed by atoms with van der Waals surface area (Å²) in [5.74, 6) is 1.58. The largest absolute Gasteiger partial charge is 0.478 e. The van der Waals surface area contributed by atoms with Crippen molar-refractivity contribution in [3.63, 3.8) is 0 Å². The molecule has 0 spiro atoms. The number of ether oxygens (including phenoxy) is 1. The molecule has 0 aromatic carbocycles. The second kappa shape index (κ2) is 6.24. The van der Waals surface area contributed by atoms with E-state index in [0.717, 1.165) is 12.4 Å². The van der Waals surface area contributed by atoms with Gasteiger partial charge in [0, 0.05) is 12.6 Å². The second-order valence-corrected chi connectivity index (χ2v) is 3.07. The van der Waals surface area contributed by atoms with E-state index in [1.165, 1.54) is 12.8 Å². The summed E-state index contributed by atoms with van der Waals surface area (Å²) < 4.78 is 5.30. The molecular weight excluding hydrogens is 176 g/mol. The number of unbranched alkanes of at least 4 members (excludes halogenated alkanes) is 1. The molecule has 0 aliphatic heterocycles. The van der Waals surface area contributed by atoms with E-state index in [2.05, 4.69) is 17.2 Å². The van der Waals surface area contributed by atoms with Crippen molar-refractivity contribution in [1.29, 1.82) is 0 Å². The van der Waals surface area contributed by atoms with Gasteiger partial charge in [0.2, 0.25) is 5.88 Å². The maximum atomic E-state index is 5.30. The van der Waals surface area contributed by atoms with Gasteiger partial charge in [0.1, 0.15) is 5.82 Å². The fourth-order valence-corrected chi connectivity index (χ4v) is 1.13. The fourth-order valence-electron chi connectivity index (χ4n) is 1.13. The third kappa shape index (κ3) is 3.64. The molecule has 1 rings (SSSR count). The number of anilines is 1. The molecule has 0 radical (unpaired) electrons. The van der Waals surface area contributed by atoms with Crippen molar-refractivity contribution >= 4 is 5.82 Å². The van der Waals surface area contributed by atoms with Crippen LogP contribution in [0.3, 0.4) is 0 Å². The van der Waals surface area contributed by atoms with Crippen LogP contribution in [0.1, 0.15) is 26.7 Å². The highest BCUT2D eigenvalue weighted by molar-refractivity contribution is 5.36. The van der Waals surface area contributed by atoms with Gasteiger partial charge in [0.15, 0.2) is 0 Å². The third-order valence-electron chi connectivity index (χ3n) is 1.85. The van der Waals surface area contributed by atoms with Crippen molar-refractivity contribution in [2.24, 2.45) is 0 Å². The second-order valence-electron chi connectivity index (χ2n) is 3.07. The van der Waals surface area contributed by atoms with Crippen LogP contribution < -0.4 is 10.1 Å². The molecule has 0 aliphatic carbocycles. The Morgan fingerprint density at radius 3 is 2.93 bits per heavy atom. The predicted octanol–water partition coefficient (Wildman–Crippen LogP) is 2.69. The number of nitrogens with zero attached hydrogens (tertiary/aromatic N) is 1. The van der Waals surface area contributed by atoms with E-state index in [4.69, 9.17) is 4.74 Å². The predicted molar refractivity (Wildman–Crippen MR) is 58.8 cm³/mol. The van der Waals surface area contributed by atoms with E-state index in [-0.39, 0.29) is 0 Å². The van der Waals surface area contributed by atoms with Crippen molar-refractivity contribution in [2.45, 2.75) is 26.7 Å². The highest BCUT2D eigenvalue weighted by Gasteiger charge is 1.96.